The number of hydrogen-bond acceptors (Lipinski definition) is 4. The van der Waals surface area contributed by atoms with Crippen molar-refractivity contribution in [2.75, 3.05) is 6.54 Å². The second-order valence-electron chi connectivity index (χ2n) is 5.81. The molecule has 114 valence electrons. The van der Waals surface area contributed by atoms with Gasteiger partial charge in [0.25, 0.3) is 0 Å². The van der Waals surface area contributed by atoms with Crippen LogP contribution in [0.4, 0.5) is 0 Å². The molecule has 6 nitrogen and oxygen atoms in total. The fraction of sp³-hybridized carbons (Fsp3) is 0.786. The summed E-state index contributed by atoms with van der Waals surface area (Å²) in [4.78, 5) is 17.2. The van der Waals surface area contributed by atoms with Crippen molar-refractivity contribution in [1.29, 1.82) is 0 Å². The molecule has 1 rings (SSSR count). The van der Waals surface area contributed by atoms with Crippen molar-refractivity contribution >= 4 is 5.97 Å². The van der Waals surface area contributed by atoms with Gasteiger partial charge in [-0.1, -0.05) is 13.8 Å². The summed E-state index contributed by atoms with van der Waals surface area (Å²) in [6, 6.07) is 0.355. The van der Waals surface area contributed by atoms with Crippen LogP contribution in [0, 0.1) is 5.92 Å². The van der Waals surface area contributed by atoms with E-state index in [4.69, 9.17) is 5.11 Å². The summed E-state index contributed by atoms with van der Waals surface area (Å²) in [6.07, 6.45) is 2.46. The van der Waals surface area contributed by atoms with Gasteiger partial charge in [-0.15, -0.1) is 0 Å². The van der Waals surface area contributed by atoms with Gasteiger partial charge in [0, 0.05) is 19.0 Å². The Balaban J connectivity index is 2.61. The molecule has 0 fully saturated rings. The monoisotopic (exact) mass is 282 g/mol. The summed E-state index contributed by atoms with van der Waals surface area (Å²) >= 11 is 0. The van der Waals surface area contributed by atoms with Crippen LogP contribution in [-0.4, -0.2) is 43.3 Å². The number of carbonyl (C=O) groups is 1. The van der Waals surface area contributed by atoms with Gasteiger partial charge in [-0.05, 0) is 32.7 Å². The smallest absolute Gasteiger partial charge is 0.303 e. The van der Waals surface area contributed by atoms with Crippen molar-refractivity contribution in [3.8, 4) is 0 Å². The molecule has 0 spiro atoms. The Morgan fingerprint density at radius 3 is 2.65 bits per heavy atom. The van der Waals surface area contributed by atoms with Crippen LogP contribution in [0.1, 0.15) is 46.4 Å². The van der Waals surface area contributed by atoms with Crippen LogP contribution in [0.3, 0.4) is 0 Å². The maximum Gasteiger partial charge on any atom is 0.303 e. The molecular formula is C14H26N4O2. The van der Waals surface area contributed by atoms with Crippen LogP contribution >= 0.6 is 0 Å². The minimum absolute atomic E-state index is 0.210. The van der Waals surface area contributed by atoms with Crippen LogP contribution in [0.25, 0.3) is 0 Å². The van der Waals surface area contributed by atoms with Crippen LogP contribution in [0.5, 0.6) is 0 Å². The van der Waals surface area contributed by atoms with Crippen LogP contribution in [-0.2, 0) is 17.9 Å². The zero-order valence-electron chi connectivity index (χ0n) is 12.9. The average molecular weight is 282 g/mol. The summed E-state index contributed by atoms with van der Waals surface area (Å²) in [5.41, 5.74) is 0. The fourth-order valence-electron chi connectivity index (χ4n) is 2.04. The Morgan fingerprint density at radius 1 is 1.40 bits per heavy atom. The largest absolute Gasteiger partial charge is 0.481 e. The topological polar surface area (TPSA) is 71.2 Å². The highest BCUT2D eigenvalue weighted by Gasteiger charge is 2.15. The van der Waals surface area contributed by atoms with E-state index < -0.39 is 5.97 Å². The van der Waals surface area contributed by atoms with E-state index in [1.807, 2.05) is 4.68 Å². The molecule has 0 aromatic carbocycles. The highest BCUT2D eigenvalue weighted by molar-refractivity contribution is 5.66. The summed E-state index contributed by atoms with van der Waals surface area (Å²) in [5.74, 6) is 0.731. The molecule has 1 N–H and O–H groups in total. The Morgan fingerprint density at radius 2 is 2.10 bits per heavy atom. The molecule has 1 aromatic heterocycles. The summed E-state index contributed by atoms with van der Waals surface area (Å²) in [7, 11) is 0. The fourth-order valence-corrected chi connectivity index (χ4v) is 2.04. The second-order valence-corrected chi connectivity index (χ2v) is 5.81. The Kier molecular flexibility index (Phi) is 6.64. The van der Waals surface area contributed by atoms with Gasteiger partial charge in [0.2, 0.25) is 0 Å². The Labute approximate surface area is 120 Å². The van der Waals surface area contributed by atoms with Gasteiger partial charge < -0.3 is 5.11 Å². The van der Waals surface area contributed by atoms with Crippen molar-refractivity contribution < 1.29 is 9.90 Å². The van der Waals surface area contributed by atoms with Crippen molar-refractivity contribution in [2.24, 2.45) is 5.92 Å². The van der Waals surface area contributed by atoms with E-state index in [9.17, 15) is 4.79 Å². The first-order valence-corrected chi connectivity index (χ1v) is 7.22. The van der Waals surface area contributed by atoms with Crippen molar-refractivity contribution in [1.82, 2.24) is 19.7 Å². The highest BCUT2D eigenvalue weighted by atomic mass is 16.4. The van der Waals surface area contributed by atoms with E-state index >= 15 is 0 Å². The van der Waals surface area contributed by atoms with Gasteiger partial charge in [-0.3, -0.25) is 9.69 Å². The molecule has 0 saturated heterocycles. The quantitative estimate of drug-likeness (QED) is 0.750. The van der Waals surface area contributed by atoms with E-state index in [0.29, 0.717) is 24.9 Å². The van der Waals surface area contributed by atoms with Crippen LogP contribution in [0.15, 0.2) is 6.33 Å². The zero-order valence-corrected chi connectivity index (χ0v) is 12.9. The van der Waals surface area contributed by atoms with Crippen LogP contribution in [0.2, 0.25) is 0 Å². The third kappa shape index (κ3) is 5.69. The molecule has 0 radical (unpaired) electrons. The first kappa shape index (κ1) is 16.6. The molecule has 0 bridgehead atoms. The lowest BCUT2D eigenvalue weighted by Gasteiger charge is -2.26. The molecule has 6 heteroatoms. The predicted octanol–water partition coefficient (Wildman–Crippen LogP) is 2.01. The molecule has 0 aliphatic heterocycles. The maximum atomic E-state index is 10.6. The molecule has 0 saturated carbocycles. The summed E-state index contributed by atoms with van der Waals surface area (Å²) in [6.45, 7) is 10.9. The van der Waals surface area contributed by atoms with E-state index in [0.717, 1.165) is 18.9 Å². The molecule has 0 atom stereocenters. The molecule has 0 amide bonds. The molecule has 1 aromatic rings. The molecule has 0 unspecified atom stereocenters. The third-order valence-electron chi connectivity index (χ3n) is 3.14. The van der Waals surface area contributed by atoms with Gasteiger partial charge in [-0.25, -0.2) is 9.67 Å². The molecule has 0 aliphatic carbocycles. The predicted molar refractivity (Wildman–Crippen MR) is 77.3 cm³/mol. The number of hydrogen-bond donors (Lipinski definition) is 1. The molecule has 1 heterocycles. The van der Waals surface area contributed by atoms with E-state index in [2.05, 4.69) is 42.7 Å². The lowest BCUT2D eigenvalue weighted by molar-refractivity contribution is -0.137. The van der Waals surface area contributed by atoms with Gasteiger partial charge >= 0.3 is 5.97 Å². The molecular weight excluding hydrogens is 256 g/mol. The lowest BCUT2D eigenvalue weighted by atomic mass is 10.2. The lowest BCUT2D eigenvalue weighted by Crippen LogP contribution is -2.33. The third-order valence-corrected chi connectivity index (χ3v) is 3.14. The summed E-state index contributed by atoms with van der Waals surface area (Å²) in [5, 5.41) is 13.0. The summed E-state index contributed by atoms with van der Waals surface area (Å²) < 4.78 is 1.94. The highest BCUT2D eigenvalue weighted by Crippen LogP contribution is 2.09. The first-order chi connectivity index (χ1) is 9.40. The minimum Gasteiger partial charge on any atom is -0.481 e. The maximum absolute atomic E-state index is 10.6. The number of carboxylic acid groups (broad SMARTS) is 1. The standard InChI is InChI=1S/C14H26N4O2/c1-11(2)8-18-13(15-10-16-18)9-17(12(3)4)7-5-6-14(19)20/h10-12H,5-9H2,1-4H3,(H,19,20). The van der Waals surface area contributed by atoms with Crippen molar-refractivity contribution in [3.63, 3.8) is 0 Å². The Bertz CT molecular complexity index is 415. The average Bonchev–Trinajstić information content (AvgIpc) is 2.73. The SMILES string of the molecule is CC(C)Cn1ncnc1CN(CCCC(=O)O)C(C)C. The van der Waals surface area contributed by atoms with Gasteiger partial charge in [0.1, 0.15) is 12.2 Å². The number of rotatable bonds is 9. The number of carboxylic acids is 1. The van der Waals surface area contributed by atoms with Crippen LogP contribution < -0.4 is 0 Å². The number of aliphatic carboxylic acids is 1. The van der Waals surface area contributed by atoms with E-state index in [1.165, 1.54) is 0 Å². The normalized spacial score (nSPS) is 11.8. The van der Waals surface area contributed by atoms with Gasteiger partial charge in [-0.2, -0.15) is 5.10 Å². The van der Waals surface area contributed by atoms with Gasteiger partial charge in [0.05, 0.1) is 6.54 Å². The van der Waals surface area contributed by atoms with Crippen molar-refractivity contribution in [2.45, 2.75) is 59.7 Å². The number of nitrogens with zero attached hydrogens (tertiary/aromatic N) is 4. The van der Waals surface area contributed by atoms with Crippen molar-refractivity contribution in [3.05, 3.63) is 12.2 Å². The molecule has 20 heavy (non-hydrogen) atoms. The van der Waals surface area contributed by atoms with E-state index in [-0.39, 0.29) is 6.42 Å². The zero-order chi connectivity index (χ0) is 15.1. The first-order valence-electron chi connectivity index (χ1n) is 7.22. The minimum atomic E-state index is -0.739. The number of aromatic nitrogens is 3. The second kappa shape index (κ2) is 7.99. The molecule has 0 aliphatic rings. The van der Waals surface area contributed by atoms with Gasteiger partial charge in [0.15, 0.2) is 0 Å². The Hall–Kier alpha value is -1.43. The van der Waals surface area contributed by atoms with E-state index in [1.54, 1.807) is 6.33 Å².